The summed E-state index contributed by atoms with van der Waals surface area (Å²) in [6.07, 6.45) is -18.9. The van der Waals surface area contributed by atoms with Crippen molar-refractivity contribution in [1.82, 2.24) is 0 Å². The lowest BCUT2D eigenvalue weighted by Gasteiger charge is -2.20. The number of rotatable bonds is 3. The molecule has 0 saturated heterocycles. The van der Waals surface area contributed by atoms with Gasteiger partial charge in [-0.3, -0.25) is 0 Å². The maximum Gasteiger partial charge on any atom is 0.531 e. The van der Waals surface area contributed by atoms with Crippen LogP contribution in [0.2, 0.25) is 0 Å². The van der Waals surface area contributed by atoms with Crippen molar-refractivity contribution in [2.45, 2.75) is 18.6 Å². The van der Waals surface area contributed by atoms with Gasteiger partial charge in [0.05, 0.1) is 0 Å². The predicted octanol–water partition coefficient (Wildman–Crippen LogP) is 3.77. The Balaban J connectivity index is 4.79. The lowest BCUT2D eigenvalue weighted by atomic mass is 10.6. The molecular weight excluding hydrogens is 286 g/mol. The molecule has 0 aromatic rings. The van der Waals surface area contributed by atoms with Gasteiger partial charge in [-0.15, -0.1) is 17.4 Å². The summed E-state index contributed by atoms with van der Waals surface area (Å²) in [5.41, 5.74) is 0. The van der Waals surface area contributed by atoms with Crippen molar-refractivity contribution in [3.05, 3.63) is 0 Å². The van der Waals surface area contributed by atoms with Crippen LogP contribution in [0.3, 0.4) is 0 Å². The van der Waals surface area contributed by atoms with E-state index in [1.54, 1.807) is 0 Å². The zero-order chi connectivity index (χ0) is 13.4. The molecule has 0 saturated carbocycles. The Kier molecular flexibility index (Phi) is 3.95. The predicted molar refractivity (Wildman–Crippen MR) is 27.9 cm³/mol. The quantitative estimate of drug-likeness (QED) is 0.585. The smallest absolute Gasteiger partial charge is 0.223 e. The van der Waals surface area contributed by atoms with E-state index < -0.39 is 26.6 Å². The third-order valence-corrected chi connectivity index (χ3v) is 1.64. The van der Waals surface area contributed by atoms with E-state index >= 15 is 0 Å². The van der Waals surface area contributed by atoms with Gasteiger partial charge in [0.2, 0.25) is 0 Å². The Bertz CT molecular complexity index is 291. The number of halogens is 9. The van der Waals surface area contributed by atoms with Crippen LogP contribution in [0, 0.1) is 0 Å². The second-order valence-electron chi connectivity index (χ2n) is 2.07. The van der Waals surface area contributed by atoms with E-state index in [4.69, 9.17) is 0 Å². The van der Waals surface area contributed by atoms with Crippen LogP contribution in [0.4, 0.5) is 39.3 Å². The molecule has 0 aliphatic rings. The highest BCUT2D eigenvalue weighted by Crippen LogP contribution is 2.59. The van der Waals surface area contributed by atoms with Crippen molar-refractivity contribution >= 4 is 7.91 Å². The first-order valence-electron chi connectivity index (χ1n) is 2.89. The first-order chi connectivity index (χ1) is 6.66. The van der Waals surface area contributed by atoms with E-state index in [2.05, 4.69) is 0 Å². The highest BCUT2D eigenvalue weighted by atomic mass is 31.2. The van der Waals surface area contributed by atoms with E-state index in [0.717, 1.165) is 0 Å². The first-order valence-corrected chi connectivity index (χ1v) is 4.32. The lowest BCUT2D eigenvalue weighted by molar-refractivity contribution is -0.370. The minimum atomic E-state index is -7.13. The molecule has 0 aliphatic carbocycles. The monoisotopic (exact) mass is 286 g/mol. The molecule has 16 heavy (non-hydrogen) atoms. The van der Waals surface area contributed by atoms with Crippen molar-refractivity contribution in [2.24, 2.45) is 0 Å². The molecule has 0 fully saturated rings. The van der Waals surface area contributed by atoms with E-state index in [1.165, 1.54) is 0 Å². The van der Waals surface area contributed by atoms with Crippen molar-refractivity contribution in [3.8, 4) is 0 Å². The normalized spacial score (nSPS) is 18.3. The molecule has 0 heterocycles. The van der Waals surface area contributed by atoms with Gasteiger partial charge >= 0.3 is 26.6 Å². The van der Waals surface area contributed by atoms with Crippen molar-refractivity contribution < 1.29 is 52.9 Å². The Morgan fingerprint density at radius 1 is 0.812 bits per heavy atom. The summed E-state index contributed by atoms with van der Waals surface area (Å²) in [7, 11) is -7.13. The van der Waals surface area contributed by atoms with E-state index in [1.807, 2.05) is 9.05 Å². The lowest BCUT2D eigenvalue weighted by Crippen LogP contribution is -2.38. The van der Waals surface area contributed by atoms with Crippen LogP contribution < -0.4 is 0 Å². The van der Waals surface area contributed by atoms with Crippen LogP contribution in [0.1, 0.15) is 0 Å². The summed E-state index contributed by atoms with van der Waals surface area (Å²) in [6.45, 7) is 0. The molecule has 0 bridgehead atoms. The molecule has 1 unspecified atom stereocenters. The van der Waals surface area contributed by atoms with Gasteiger partial charge in [-0.05, 0) is 0 Å². The number of alkyl halides is 8. The van der Waals surface area contributed by atoms with Crippen LogP contribution in [-0.4, -0.2) is 18.6 Å². The van der Waals surface area contributed by atoms with Crippen LogP contribution in [-0.2, 0) is 13.6 Å². The molecule has 0 radical (unpaired) electrons. The van der Waals surface area contributed by atoms with Crippen LogP contribution >= 0.6 is 7.91 Å². The number of hydrogen-bond acceptors (Lipinski definition) is 3. The third-order valence-electron chi connectivity index (χ3n) is 0.766. The van der Waals surface area contributed by atoms with Gasteiger partial charge in [0.25, 0.3) is 0 Å². The highest BCUT2D eigenvalue weighted by molar-refractivity contribution is 7.48. The maximum atomic E-state index is 12.0. The molecule has 0 amide bonds. The fourth-order valence-corrected chi connectivity index (χ4v) is 0.993. The van der Waals surface area contributed by atoms with Crippen LogP contribution in [0.15, 0.2) is 0 Å². The van der Waals surface area contributed by atoms with Gasteiger partial charge in [-0.25, -0.2) is 9.09 Å². The summed E-state index contributed by atoms with van der Waals surface area (Å²) in [5, 5.41) is 0. The average molecular weight is 286 g/mol. The van der Waals surface area contributed by atoms with E-state index in [9.17, 15) is 43.9 Å². The van der Waals surface area contributed by atoms with Gasteiger partial charge in [0.1, 0.15) is 0 Å². The fourth-order valence-electron chi connectivity index (χ4n) is 0.331. The molecule has 0 N–H and O–H groups in total. The standard InChI is InChI=1S/C3F9O3P/c4-1(5,6)2(7,8)14-16(12,13)15-3(9,10)11. The van der Waals surface area contributed by atoms with Crippen molar-refractivity contribution in [3.63, 3.8) is 0 Å². The minimum absolute atomic E-state index is 1.84. The third kappa shape index (κ3) is 5.03. The fraction of sp³-hybridized carbons (Fsp3) is 1.00. The van der Waals surface area contributed by atoms with Crippen LogP contribution in [0.5, 0.6) is 0 Å². The largest absolute Gasteiger partial charge is 0.531 e. The van der Waals surface area contributed by atoms with E-state index in [-0.39, 0.29) is 0 Å². The van der Waals surface area contributed by atoms with Crippen molar-refractivity contribution in [2.75, 3.05) is 0 Å². The molecule has 0 aliphatic heterocycles. The van der Waals surface area contributed by atoms with Gasteiger partial charge in [0, 0.05) is 0 Å². The SMILES string of the molecule is O=P(F)(OC(F)(F)F)OC(F)(F)C(F)(F)F. The molecule has 13 heteroatoms. The Labute approximate surface area is 80.8 Å². The molecule has 3 nitrogen and oxygen atoms in total. The Hall–Kier alpha value is -0.480. The first kappa shape index (κ1) is 15.5. The molecule has 0 rings (SSSR count). The Morgan fingerprint density at radius 3 is 1.44 bits per heavy atom. The molecular formula is C3F9O3P. The second-order valence-corrected chi connectivity index (χ2v) is 3.30. The highest BCUT2D eigenvalue weighted by Gasteiger charge is 2.64. The summed E-state index contributed by atoms with van der Waals surface area (Å²) in [5.74, 6) is 0. The molecule has 1 atom stereocenters. The summed E-state index contributed by atoms with van der Waals surface area (Å²) in [4.78, 5) is 0. The van der Waals surface area contributed by atoms with Gasteiger partial charge in [-0.1, -0.05) is 0 Å². The van der Waals surface area contributed by atoms with Gasteiger partial charge in [-0.2, -0.15) is 26.5 Å². The van der Waals surface area contributed by atoms with Crippen LogP contribution in [0.25, 0.3) is 0 Å². The Morgan fingerprint density at radius 2 is 1.19 bits per heavy atom. The molecule has 0 aromatic heterocycles. The van der Waals surface area contributed by atoms with Gasteiger partial charge in [0.15, 0.2) is 0 Å². The van der Waals surface area contributed by atoms with Crippen molar-refractivity contribution in [1.29, 1.82) is 0 Å². The zero-order valence-electron chi connectivity index (χ0n) is 6.57. The second kappa shape index (κ2) is 4.08. The topological polar surface area (TPSA) is 35.5 Å². The van der Waals surface area contributed by atoms with E-state index in [0.29, 0.717) is 0 Å². The maximum absolute atomic E-state index is 12.0. The number of hydrogen-bond donors (Lipinski definition) is 0. The summed E-state index contributed by atoms with van der Waals surface area (Å²) in [6, 6.07) is 0. The molecule has 98 valence electrons. The molecule has 0 spiro atoms. The zero-order valence-corrected chi connectivity index (χ0v) is 7.47. The summed E-state index contributed by atoms with van der Waals surface area (Å²) >= 11 is 0. The average Bonchev–Trinajstić information content (AvgIpc) is 1.72. The summed E-state index contributed by atoms with van der Waals surface area (Å²) < 4.78 is 117. The minimum Gasteiger partial charge on any atom is -0.223 e. The van der Waals surface area contributed by atoms with Gasteiger partial charge < -0.3 is 0 Å². The molecule has 0 aromatic carbocycles.